The molecular weight excluding hydrogens is 432 g/mol. The molecule has 0 unspecified atom stereocenters. The number of carbonyl (C=O) groups is 1. The lowest BCUT2D eigenvalue weighted by Gasteiger charge is -2.25. The van der Waals surface area contributed by atoms with Crippen LogP contribution in [0.5, 0.6) is 17.2 Å². The maximum absolute atomic E-state index is 12.6. The van der Waals surface area contributed by atoms with E-state index in [9.17, 15) is 13.2 Å². The number of rotatable bonds is 11. The molecule has 2 aromatic rings. The summed E-state index contributed by atoms with van der Waals surface area (Å²) in [5.74, 6) is 1.19. The number of hydrogen-bond donors (Lipinski definition) is 1. The van der Waals surface area contributed by atoms with Gasteiger partial charge in [0.05, 0.1) is 18.0 Å². The highest BCUT2D eigenvalue weighted by atomic mass is 32.2. The van der Waals surface area contributed by atoms with Gasteiger partial charge in [-0.15, -0.1) is 0 Å². The van der Waals surface area contributed by atoms with Crippen LogP contribution in [0.3, 0.4) is 0 Å². The number of amides is 1. The number of nitrogens with one attached hydrogen (secondary N) is 1. The number of ether oxygens (including phenoxy) is 3. The third kappa shape index (κ3) is 6.29. The van der Waals surface area contributed by atoms with Crippen molar-refractivity contribution in [2.75, 3.05) is 43.0 Å². The zero-order chi connectivity index (χ0) is 23.0. The summed E-state index contributed by atoms with van der Waals surface area (Å²) in [5, 5.41) is 2.72. The van der Waals surface area contributed by atoms with Crippen molar-refractivity contribution in [2.45, 2.75) is 26.7 Å². The van der Waals surface area contributed by atoms with Crippen molar-refractivity contribution in [3.63, 3.8) is 0 Å². The van der Waals surface area contributed by atoms with Crippen LogP contribution >= 0.6 is 0 Å². The summed E-state index contributed by atoms with van der Waals surface area (Å²) in [4.78, 5) is 12.5. The number of hydrogen-bond acceptors (Lipinski definition) is 6. The smallest absolute Gasteiger partial charge is 0.240 e. The van der Waals surface area contributed by atoms with Crippen molar-refractivity contribution in [1.82, 2.24) is 5.32 Å². The second-order valence-electron chi connectivity index (χ2n) is 7.33. The van der Waals surface area contributed by atoms with Crippen LogP contribution in [-0.2, 0) is 21.2 Å². The molecule has 1 amide bonds. The van der Waals surface area contributed by atoms with E-state index in [1.54, 1.807) is 18.2 Å². The number of anilines is 1. The van der Waals surface area contributed by atoms with E-state index < -0.39 is 15.9 Å². The maximum atomic E-state index is 12.6. The summed E-state index contributed by atoms with van der Waals surface area (Å²) in [5.41, 5.74) is 1.61. The molecule has 1 N–H and O–H groups in total. The maximum Gasteiger partial charge on any atom is 0.240 e. The molecule has 0 bridgehead atoms. The second-order valence-corrected chi connectivity index (χ2v) is 9.51. The van der Waals surface area contributed by atoms with Gasteiger partial charge >= 0.3 is 0 Å². The molecule has 0 saturated heterocycles. The molecule has 0 saturated carbocycles. The lowest BCUT2D eigenvalue weighted by atomic mass is 10.1. The first-order chi connectivity index (χ1) is 15.4. The summed E-state index contributed by atoms with van der Waals surface area (Å²) in [6.07, 6.45) is 2.11. The molecule has 0 aromatic heterocycles. The number of benzene rings is 2. The van der Waals surface area contributed by atoms with E-state index in [4.69, 9.17) is 14.2 Å². The Kier molecular flexibility index (Phi) is 8.21. The lowest BCUT2D eigenvalue weighted by Crippen LogP contribution is -2.42. The quantitative estimate of drug-likeness (QED) is 0.516. The summed E-state index contributed by atoms with van der Waals surface area (Å²) >= 11 is 0. The van der Waals surface area contributed by atoms with Gasteiger partial charge in [0.1, 0.15) is 32.1 Å². The van der Waals surface area contributed by atoms with Crippen molar-refractivity contribution in [2.24, 2.45) is 0 Å². The number of sulfonamides is 1. The fraction of sp³-hybridized carbons (Fsp3) is 0.435. The van der Waals surface area contributed by atoms with E-state index in [0.29, 0.717) is 30.4 Å². The molecule has 174 valence electrons. The topological polar surface area (TPSA) is 94.2 Å². The van der Waals surface area contributed by atoms with Crippen molar-refractivity contribution >= 4 is 21.6 Å². The molecule has 0 atom stereocenters. The van der Waals surface area contributed by atoms with E-state index in [2.05, 4.69) is 12.2 Å². The van der Waals surface area contributed by atoms with Crippen molar-refractivity contribution in [3.05, 3.63) is 48.0 Å². The summed E-state index contributed by atoms with van der Waals surface area (Å²) in [7, 11) is -3.67. The van der Waals surface area contributed by atoms with Crippen molar-refractivity contribution < 1.29 is 27.4 Å². The van der Waals surface area contributed by atoms with Crippen molar-refractivity contribution in [1.29, 1.82) is 0 Å². The fourth-order valence-corrected chi connectivity index (χ4v) is 4.34. The standard InChI is InChI=1S/C23H30N2O6S/c1-3-5-18-6-9-20(10-7-18)29-13-12-24-23(26)17-25(32(27,28)4-2)19-8-11-21-22(16-19)31-15-14-30-21/h6-11,16H,3-5,12-15,17H2,1-2H3,(H,24,26). The van der Waals surface area contributed by atoms with Gasteiger partial charge in [-0.25, -0.2) is 8.42 Å². The SMILES string of the molecule is CCCc1ccc(OCCNC(=O)CN(c2ccc3c(c2)OCCO3)S(=O)(=O)CC)cc1. The second kappa shape index (κ2) is 11.1. The predicted octanol–water partition coefficient (Wildman–Crippen LogP) is 2.76. The van der Waals surface area contributed by atoms with Crippen LogP contribution in [-0.4, -0.2) is 53.0 Å². The zero-order valence-corrected chi connectivity index (χ0v) is 19.3. The first-order valence-electron chi connectivity index (χ1n) is 10.8. The van der Waals surface area contributed by atoms with Crippen LogP contribution in [0.15, 0.2) is 42.5 Å². The highest BCUT2D eigenvalue weighted by Gasteiger charge is 2.25. The van der Waals surface area contributed by atoms with E-state index in [0.717, 1.165) is 22.9 Å². The molecule has 3 rings (SSSR count). The normalized spacial score (nSPS) is 12.8. The highest BCUT2D eigenvalue weighted by Crippen LogP contribution is 2.34. The van der Waals surface area contributed by atoms with E-state index >= 15 is 0 Å². The van der Waals surface area contributed by atoms with Crippen LogP contribution in [0.25, 0.3) is 0 Å². The molecule has 8 nitrogen and oxygen atoms in total. The molecule has 32 heavy (non-hydrogen) atoms. The summed E-state index contributed by atoms with van der Waals surface area (Å²) in [6, 6.07) is 12.7. The van der Waals surface area contributed by atoms with Gasteiger partial charge in [-0.05, 0) is 43.2 Å². The first kappa shape index (κ1) is 23.7. The van der Waals surface area contributed by atoms with E-state index in [1.165, 1.54) is 12.5 Å². The minimum Gasteiger partial charge on any atom is -0.492 e. The molecule has 1 heterocycles. The van der Waals surface area contributed by atoms with Crippen LogP contribution < -0.4 is 23.8 Å². The third-order valence-corrected chi connectivity index (χ3v) is 6.70. The average molecular weight is 463 g/mol. The van der Waals surface area contributed by atoms with Crippen LogP contribution in [0.1, 0.15) is 25.8 Å². The highest BCUT2D eigenvalue weighted by molar-refractivity contribution is 7.92. The average Bonchev–Trinajstić information content (AvgIpc) is 2.81. The molecule has 0 spiro atoms. The molecule has 0 radical (unpaired) electrons. The van der Waals surface area contributed by atoms with Gasteiger partial charge in [0.2, 0.25) is 15.9 Å². The van der Waals surface area contributed by atoms with Gasteiger partial charge in [-0.3, -0.25) is 9.10 Å². The summed E-state index contributed by atoms with van der Waals surface area (Å²) in [6.45, 7) is 4.71. The lowest BCUT2D eigenvalue weighted by molar-refractivity contribution is -0.119. The number of aryl methyl sites for hydroxylation is 1. The molecule has 0 aliphatic carbocycles. The Labute approximate surface area is 189 Å². The fourth-order valence-electron chi connectivity index (χ4n) is 3.28. The predicted molar refractivity (Wildman–Crippen MR) is 123 cm³/mol. The number of nitrogens with zero attached hydrogens (tertiary/aromatic N) is 1. The van der Waals surface area contributed by atoms with Crippen LogP contribution in [0.4, 0.5) is 5.69 Å². The van der Waals surface area contributed by atoms with E-state index in [-0.39, 0.29) is 25.4 Å². The Hall–Kier alpha value is -2.94. The number of fused-ring (bicyclic) bond motifs is 1. The van der Waals surface area contributed by atoms with Gasteiger partial charge in [-0.1, -0.05) is 25.5 Å². The Morgan fingerprint density at radius 3 is 2.47 bits per heavy atom. The van der Waals surface area contributed by atoms with E-state index in [1.807, 2.05) is 24.3 Å². The Balaban J connectivity index is 1.56. The zero-order valence-electron chi connectivity index (χ0n) is 18.5. The van der Waals surface area contributed by atoms with Gasteiger partial charge in [0, 0.05) is 6.07 Å². The Morgan fingerprint density at radius 1 is 1.06 bits per heavy atom. The first-order valence-corrected chi connectivity index (χ1v) is 12.4. The van der Waals surface area contributed by atoms with Crippen LogP contribution in [0, 0.1) is 0 Å². The minimum absolute atomic E-state index is 0.133. The molecule has 2 aromatic carbocycles. The summed E-state index contributed by atoms with van der Waals surface area (Å²) < 4.78 is 43.1. The molecule has 1 aliphatic rings. The van der Waals surface area contributed by atoms with Gasteiger partial charge in [0.25, 0.3) is 0 Å². The molecule has 9 heteroatoms. The van der Waals surface area contributed by atoms with Gasteiger partial charge in [0.15, 0.2) is 11.5 Å². The monoisotopic (exact) mass is 462 g/mol. The van der Waals surface area contributed by atoms with Crippen LogP contribution in [0.2, 0.25) is 0 Å². The number of carbonyl (C=O) groups excluding carboxylic acids is 1. The molecule has 1 aliphatic heterocycles. The van der Waals surface area contributed by atoms with Crippen molar-refractivity contribution in [3.8, 4) is 17.2 Å². The molecular formula is C23H30N2O6S. The minimum atomic E-state index is -3.67. The van der Waals surface area contributed by atoms with Gasteiger partial charge < -0.3 is 19.5 Å². The Bertz CT molecular complexity index is 1010. The van der Waals surface area contributed by atoms with Gasteiger partial charge in [-0.2, -0.15) is 0 Å². The molecule has 0 fully saturated rings. The largest absolute Gasteiger partial charge is 0.492 e. The Morgan fingerprint density at radius 2 is 1.78 bits per heavy atom. The third-order valence-electron chi connectivity index (χ3n) is 4.96.